The third-order valence-corrected chi connectivity index (χ3v) is 4.32. The van der Waals surface area contributed by atoms with Crippen LogP contribution in [0, 0.1) is 11.6 Å². The Kier molecular flexibility index (Phi) is 4.30. The molecule has 0 aromatic heterocycles. The van der Waals surface area contributed by atoms with E-state index in [0.717, 1.165) is 23.9 Å². The number of benzene rings is 2. The van der Waals surface area contributed by atoms with Crippen LogP contribution in [0.2, 0.25) is 0 Å². The first kappa shape index (κ1) is 16.1. The van der Waals surface area contributed by atoms with Crippen LogP contribution in [-0.4, -0.2) is 23.5 Å². The first-order valence-corrected chi connectivity index (χ1v) is 7.80. The van der Waals surface area contributed by atoms with Crippen molar-refractivity contribution in [1.82, 2.24) is 5.32 Å². The molecule has 2 N–H and O–H groups in total. The molecule has 0 bridgehead atoms. The van der Waals surface area contributed by atoms with Crippen LogP contribution in [0.15, 0.2) is 41.3 Å². The van der Waals surface area contributed by atoms with Crippen molar-refractivity contribution in [2.75, 3.05) is 11.1 Å². The number of fused-ring (bicyclic) bond motifs is 1. The Labute approximate surface area is 139 Å². The number of halogens is 2. The van der Waals surface area contributed by atoms with Crippen molar-refractivity contribution in [1.29, 1.82) is 0 Å². The van der Waals surface area contributed by atoms with E-state index in [-0.39, 0.29) is 21.8 Å². The number of carbonyl (C=O) groups excluding carboxylic acids is 3. The molecule has 24 heavy (non-hydrogen) atoms. The van der Waals surface area contributed by atoms with Crippen LogP contribution in [0.4, 0.5) is 14.5 Å². The summed E-state index contributed by atoms with van der Waals surface area (Å²) in [6.07, 6.45) is 0. The van der Waals surface area contributed by atoms with Crippen LogP contribution < -0.4 is 10.6 Å². The first-order valence-electron chi connectivity index (χ1n) is 6.81. The summed E-state index contributed by atoms with van der Waals surface area (Å²) in [5, 5.41) is 4.71. The SMILES string of the molecule is O=C(CSc1ccc(F)cc1F)Nc1ccc2c(c1)C(=O)NC2=O. The van der Waals surface area contributed by atoms with Gasteiger partial charge in [-0.1, -0.05) is 0 Å². The number of anilines is 1. The largest absolute Gasteiger partial charge is 0.325 e. The molecule has 0 aliphatic carbocycles. The van der Waals surface area contributed by atoms with Crippen molar-refractivity contribution in [2.45, 2.75) is 4.90 Å². The van der Waals surface area contributed by atoms with Crippen molar-refractivity contribution in [3.8, 4) is 0 Å². The molecule has 122 valence electrons. The molecule has 0 saturated heterocycles. The lowest BCUT2D eigenvalue weighted by Crippen LogP contribution is -2.19. The van der Waals surface area contributed by atoms with Crippen LogP contribution in [0.25, 0.3) is 0 Å². The molecule has 0 radical (unpaired) electrons. The highest BCUT2D eigenvalue weighted by molar-refractivity contribution is 8.00. The van der Waals surface area contributed by atoms with Gasteiger partial charge in [-0.15, -0.1) is 11.8 Å². The van der Waals surface area contributed by atoms with Gasteiger partial charge >= 0.3 is 0 Å². The van der Waals surface area contributed by atoms with E-state index in [1.54, 1.807) is 0 Å². The normalized spacial score (nSPS) is 12.8. The van der Waals surface area contributed by atoms with Crippen molar-refractivity contribution < 1.29 is 23.2 Å². The molecule has 3 amide bonds. The van der Waals surface area contributed by atoms with E-state index in [1.165, 1.54) is 24.3 Å². The Morgan fingerprint density at radius 2 is 1.79 bits per heavy atom. The minimum absolute atomic E-state index is 0.0925. The molecule has 1 heterocycles. The summed E-state index contributed by atoms with van der Waals surface area (Å²) >= 11 is 0.922. The molecule has 8 heteroatoms. The Morgan fingerprint density at radius 3 is 2.54 bits per heavy atom. The summed E-state index contributed by atoms with van der Waals surface area (Å²) < 4.78 is 26.3. The molecule has 0 atom stereocenters. The minimum atomic E-state index is -0.736. The molecule has 1 aliphatic heterocycles. The van der Waals surface area contributed by atoms with Gasteiger partial charge in [0.05, 0.1) is 16.9 Å². The predicted molar refractivity (Wildman–Crippen MR) is 84.0 cm³/mol. The molecule has 0 saturated carbocycles. The predicted octanol–water partition coefficient (Wildman–Crippen LogP) is 2.58. The number of rotatable bonds is 4. The molecular formula is C16H10F2N2O3S. The van der Waals surface area contributed by atoms with E-state index in [2.05, 4.69) is 10.6 Å². The zero-order chi connectivity index (χ0) is 17.3. The maximum absolute atomic E-state index is 13.5. The lowest BCUT2D eigenvalue weighted by molar-refractivity contribution is -0.113. The van der Waals surface area contributed by atoms with Crippen molar-refractivity contribution in [2.24, 2.45) is 0 Å². The quantitative estimate of drug-likeness (QED) is 0.658. The highest BCUT2D eigenvalue weighted by atomic mass is 32.2. The smallest absolute Gasteiger partial charge is 0.259 e. The summed E-state index contributed by atoms with van der Waals surface area (Å²) in [6.45, 7) is 0. The first-order chi connectivity index (χ1) is 11.4. The Balaban J connectivity index is 1.64. The molecule has 1 aliphatic rings. The number of carbonyl (C=O) groups is 3. The summed E-state index contributed by atoms with van der Waals surface area (Å²) in [5.41, 5.74) is 0.791. The van der Waals surface area contributed by atoms with Gasteiger partial charge in [0.2, 0.25) is 5.91 Å². The zero-order valence-corrected chi connectivity index (χ0v) is 12.9. The highest BCUT2D eigenvalue weighted by Crippen LogP contribution is 2.23. The van der Waals surface area contributed by atoms with E-state index < -0.39 is 29.4 Å². The van der Waals surface area contributed by atoms with Crippen LogP contribution in [-0.2, 0) is 4.79 Å². The van der Waals surface area contributed by atoms with Gasteiger partial charge in [-0.05, 0) is 30.3 Å². The Bertz CT molecular complexity index is 870. The number of imide groups is 1. The van der Waals surface area contributed by atoms with Crippen LogP contribution in [0.3, 0.4) is 0 Å². The van der Waals surface area contributed by atoms with E-state index in [9.17, 15) is 23.2 Å². The Hall–Kier alpha value is -2.74. The van der Waals surface area contributed by atoms with Gasteiger partial charge in [0, 0.05) is 16.6 Å². The van der Waals surface area contributed by atoms with Gasteiger partial charge in [0.25, 0.3) is 11.8 Å². The summed E-state index contributed by atoms with van der Waals surface area (Å²) in [4.78, 5) is 35.1. The van der Waals surface area contributed by atoms with Gasteiger partial charge < -0.3 is 5.32 Å². The maximum Gasteiger partial charge on any atom is 0.259 e. The van der Waals surface area contributed by atoms with Gasteiger partial charge in [0.15, 0.2) is 0 Å². The van der Waals surface area contributed by atoms with Crippen LogP contribution >= 0.6 is 11.8 Å². The van der Waals surface area contributed by atoms with E-state index in [4.69, 9.17) is 0 Å². The number of hydrogen-bond acceptors (Lipinski definition) is 4. The van der Waals surface area contributed by atoms with Crippen molar-refractivity contribution >= 4 is 35.2 Å². The average molecular weight is 348 g/mol. The third-order valence-electron chi connectivity index (χ3n) is 3.27. The highest BCUT2D eigenvalue weighted by Gasteiger charge is 2.26. The number of hydrogen-bond donors (Lipinski definition) is 2. The van der Waals surface area contributed by atoms with Gasteiger partial charge in [-0.25, -0.2) is 8.78 Å². The molecule has 0 spiro atoms. The lowest BCUT2D eigenvalue weighted by Gasteiger charge is -2.07. The lowest BCUT2D eigenvalue weighted by atomic mass is 10.1. The monoisotopic (exact) mass is 348 g/mol. The van der Waals surface area contributed by atoms with Crippen molar-refractivity contribution in [3.63, 3.8) is 0 Å². The Morgan fingerprint density at radius 1 is 1.04 bits per heavy atom. The topological polar surface area (TPSA) is 75.3 Å². The summed E-state index contributed by atoms with van der Waals surface area (Å²) in [7, 11) is 0. The van der Waals surface area contributed by atoms with Gasteiger partial charge in [0.1, 0.15) is 11.6 Å². The standard InChI is InChI=1S/C16H10F2N2O3S/c17-8-1-4-13(12(18)5-8)24-7-14(21)19-9-2-3-10-11(6-9)16(23)20-15(10)22/h1-6H,7H2,(H,19,21)(H,20,22,23). The molecule has 0 fully saturated rings. The zero-order valence-electron chi connectivity index (χ0n) is 12.1. The molecule has 0 unspecified atom stereocenters. The second-order valence-corrected chi connectivity index (χ2v) is 5.97. The fraction of sp³-hybridized carbons (Fsp3) is 0.0625. The number of thioether (sulfide) groups is 1. The van der Waals surface area contributed by atoms with E-state index in [1.807, 2.05) is 0 Å². The number of nitrogens with one attached hydrogen (secondary N) is 2. The molecule has 2 aromatic carbocycles. The van der Waals surface area contributed by atoms with Crippen molar-refractivity contribution in [3.05, 3.63) is 59.2 Å². The van der Waals surface area contributed by atoms with Gasteiger partial charge in [-0.2, -0.15) is 0 Å². The third kappa shape index (κ3) is 3.28. The van der Waals surface area contributed by atoms with Crippen LogP contribution in [0.1, 0.15) is 20.7 Å². The summed E-state index contributed by atoms with van der Waals surface area (Å²) in [6, 6.07) is 7.45. The fourth-order valence-electron chi connectivity index (χ4n) is 2.18. The average Bonchev–Trinajstić information content (AvgIpc) is 2.81. The van der Waals surface area contributed by atoms with Gasteiger partial charge in [-0.3, -0.25) is 19.7 Å². The summed E-state index contributed by atoms with van der Waals surface area (Å²) in [5.74, 6) is -2.93. The minimum Gasteiger partial charge on any atom is -0.325 e. The fourth-order valence-corrected chi connectivity index (χ4v) is 2.90. The second-order valence-electron chi connectivity index (χ2n) is 4.96. The molecular weight excluding hydrogens is 338 g/mol. The van der Waals surface area contributed by atoms with E-state index >= 15 is 0 Å². The molecule has 5 nitrogen and oxygen atoms in total. The second kappa shape index (κ2) is 6.40. The van der Waals surface area contributed by atoms with E-state index in [0.29, 0.717) is 5.69 Å². The number of amides is 3. The molecule has 2 aromatic rings. The van der Waals surface area contributed by atoms with Crippen LogP contribution in [0.5, 0.6) is 0 Å². The maximum atomic E-state index is 13.5. The molecule has 3 rings (SSSR count).